The van der Waals surface area contributed by atoms with Crippen molar-refractivity contribution in [2.45, 2.75) is 23.5 Å². The first-order valence-corrected chi connectivity index (χ1v) is 9.06. The molecule has 0 spiro atoms. The van der Waals surface area contributed by atoms with Crippen LogP contribution in [0, 0.1) is 11.8 Å². The highest BCUT2D eigenvalue weighted by molar-refractivity contribution is 8.00. The average molecular weight is 325 g/mol. The third kappa shape index (κ3) is 3.98. The Morgan fingerprint density at radius 2 is 2.24 bits per heavy atom. The largest absolute Gasteiger partial charge is 0.320 e. The highest BCUT2D eigenvalue weighted by Crippen LogP contribution is 2.32. The van der Waals surface area contributed by atoms with Gasteiger partial charge in [0.15, 0.2) is 0 Å². The Kier molecular flexibility index (Phi) is 4.94. The zero-order valence-electron chi connectivity index (χ0n) is 12.2. The van der Waals surface area contributed by atoms with Crippen LogP contribution >= 0.6 is 11.8 Å². The van der Waals surface area contributed by atoms with Gasteiger partial charge < -0.3 is 5.73 Å². The van der Waals surface area contributed by atoms with E-state index in [0.29, 0.717) is 18.7 Å². The van der Waals surface area contributed by atoms with Gasteiger partial charge in [-0.2, -0.15) is 16.1 Å². The maximum Gasteiger partial charge on any atom is 0.244 e. The molecule has 2 N–H and O–H groups in total. The Labute approximate surface area is 130 Å². The predicted octanol–water partition coefficient (Wildman–Crippen LogP) is 0.908. The molecule has 0 radical (unpaired) electrons. The van der Waals surface area contributed by atoms with Crippen LogP contribution in [0.5, 0.6) is 0 Å². The number of thioether (sulfide) groups is 1. The van der Waals surface area contributed by atoms with E-state index in [1.807, 2.05) is 0 Å². The molecule has 1 fully saturated rings. The minimum Gasteiger partial charge on any atom is -0.320 e. The summed E-state index contributed by atoms with van der Waals surface area (Å²) < 4.78 is 26.9. The van der Waals surface area contributed by atoms with Crippen LogP contribution in [0.3, 0.4) is 0 Å². The van der Waals surface area contributed by atoms with Crippen LogP contribution in [0.25, 0.3) is 0 Å². The zero-order valence-corrected chi connectivity index (χ0v) is 13.8. The SMILES string of the molecule is CC1(C)CN(S(=O)(=O)c2cncc(C#CCN)c2)CCS1. The fourth-order valence-corrected chi connectivity index (χ4v) is 5.01. The van der Waals surface area contributed by atoms with E-state index in [1.165, 1.54) is 16.7 Å². The molecular formula is C14H19N3O2S2. The lowest BCUT2D eigenvalue weighted by Crippen LogP contribution is -2.46. The molecule has 114 valence electrons. The van der Waals surface area contributed by atoms with Gasteiger partial charge in [0.1, 0.15) is 4.90 Å². The number of sulfonamides is 1. The molecule has 0 aromatic carbocycles. The van der Waals surface area contributed by atoms with Crippen molar-refractivity contribution in [2.75, 3.05) is 25.4 Å². The Hall–Kier alpha value is -1.07. The van der Waals surface area contributed by atoms with Crippen LogP contribution in [0.4, 0.5) is 0 Å². The topological polar surface area (TPSA) is 76.3 Å². The van der Waals surface area contributed by atoms with Crippen LogP contribution in [-0.4, -0.2) is 47.8 Å². The molecule has 1 aromatic rings. The lowest BCUT2D eigenvalue weighted by atomic mass is 10.2. The molecule has 21 heavy (non-hydrogen) atoms. The minimum absolute atomic E-state index is 0.0737. The molecule has 1 aliphatic rings. The molecule has 0 bridgehead atoms. The van der Waals surface area contributed by atoms with E-state index in [0.717, 1.165) is 5.75 Å². The third-order valence-corrected chi connectivity index (χ3v) is 6.18. The van der Waals surface area contributed by atoms with Crippen LogP contribution in [0.1, 0.15) is 19.4 Å². The highest BCUT2D eigenvalue weighted by Gasteiger charge is 2.34. The maximum atomic E-state index is 12.7. The number of rotatable bonds is 2. The first kappa shape index (κ1) is 16.3. The Morgan fingerprint density at radius 3 is 2.90 bits per heavy atom. The second-order valence-corrected chi connectivity index (χ2v) is 9.10. The first-order valence-electron chi connectivity index (χ1n) is 6.63. The molecule has 1 saturated heterocycles. The van der Waals surface area contributed by atoms with E-state index in [1.54, 1.807) is 17.8 Å². The molecule has 7 heteroatoms. The second kappa shape index (κ2) is 6.36. The normalized spacial score (nSPS) is 18.8. The Balaban J connectivity index is 2.31. The monoisotopic (exact) mass is 325 g/mol. The van der Waals surface area contributed by atoms with Gasteiger partial charge in [-0.25, -0.2) is 8.42 Å². The van der Waals surface area contributed by atoms with E-state index < -0.39 is 10.0 Å². The van der Waals surface area contributed by atoms with E-state index in [9.17, 15) is 8.42 Å². The summed E-state index contributed by atoms with van der Waals surface area (Å²) in [6.45, 7) is 5.36. The summed E-state index contributed by atoms with van der Waals surface area (Å²) in [5.74, 6) is 6.31. The van der Waals surface area contributed by atoms with E-state index >= 15 is 0 Å². The second-order valence-electron chi connectivity index (χ2n) is 5.36. The van der Waals surface area contributed by atoms with Crippen molar-refractivity contribution in [3.05, 3.63) is 24.0 Å². The van der Waals surface area contributed by atoms with Gasteiger partial charge in [0.05, 0.1) is 6.54 Å². The minimum atomic E-state index is -3.52. The van der Waals surface area contributed by atoms with Crippen LogP contribution in [-0.2, 0) is 10.0 Å². The van der Waals surface area contributed by atoms with Gasteiger partial charge in [-0.15, -0.1) is 0 Å². The predicted molar refractivity (Wildman–Crippen MR) is 85.5 cm³/mol. The van der Waals surface area contributed by atoms with Crippen molar-refractivity contribution in [3.63, 3.8) is 0 Å². The van der Waals surface area contributed by atoms with Crippen LogP contribution < -0.4 is 5.73 Å². The van der Waals surface area contributed by atoms with Gasteiger partial charge >= 0.3 is 0 Å². The average Bonchev–Trinajstić information content (AvgIpc) is 2.44. The van der Waals surface area contributed by atoms with Crippen molar-refractivity contribution in [1.82, 2.24) is 9.29 Å². The van der Waals surface area contributed by atoms with Crippen molar-refractivity contribution in [1.29, 1.82) is 0 Å². The summed E-state index contributed by atoms with van der Waals surface area (Å²) in [5.41, 5.74) is 5.89. The van der Waals surface area contributed by atoms with Crippen LogP contribution in [0.2, 0.25) is 0 Å². The summed E-state index contributed by atoms with van der Waals surface area (Å²) in [7, 11) is -3.52. The van der Waals surface area contributed by atoms with Gasteiger partial charge in [-0.3, -0.25) is 4.98 Å². The fourth-order valence-electron chi connectivity index (χ4n) is 2.11. The molecule has 0 saturated carbocycles. The number of hydrogen-bond donors (Lipinski definition) is 1. The third-order valence-electron chi connectivity index (χ3n) is 3.08. The van der Waals surface area contributed by atoms with Crippen molar-refractivity contribution < 1.29 is 8.42 Å². The molecule has 1 aliphatic heterocycles. The molecule has 0 atom stereocenters. The Bertz CT molecular complexity index is 675. The number of aromatic nitrogens is 1. The molecule has 0 aliphatic carbocycles. The highest BCUT2D eigenvalue weighted by atomic mass is 32.2. The standard InChI is InChI=1S/C14H19N3O2S2/c1-14(2)11-17(6-7-20-14)21(18,19)13-8-12(4-3-5-15)9-16-10-13/h8-10H,5-7,11,15H2,1-2H3. The van der Waals surface area contributed by atoms with Crippen molar-refractivity contribution in [3.8, 4) is 11.8 Å². The van der Waals surface area contributed by atoms with Crippen LogP contribution in [0.15, 0.2) is 23.4 Å². The zero-order chi connectivity index (χ0) is 15.5. The first-order chi connectivity index (χ1) is 9.85. The van der Waals surface area contributed by atoms with E-state index in [-0.39, 0.29) is 16.2 Å². The quantitative estimate of drug-likeness (QED) is 0.818. The maximum absolute atomic E-state index is 12.7. The molecule has 0 unspecified atom stereocenters. The smallest absolute Gasteiger partial charge is 0.244 e. The molecule has 1 aromatic heterocycles. The number of nitrogens with two attached hydrogens (primary N) is 1. The van der Waals surface area contributed by atoms with Gasteiger partial charge in [0.25, 0.3) is 0 Å². The lowest BCUT2D eigenvalue weighted by Gasteiger charge is -2.36. The molecule has 2 rings (SSSR count). The Morgan fingerprint density at radius 1 is 1.48 bits per heavy atom. The van der Waals surface area contributed by atoms with Gasteiger partial charge in [0.2, 0.25) is 10.0 Å². The molecule has 2 heterocycles. The summed E-state index contributed by atoms with van der Waals surface area (Å²) >= 11 is 1.79. The van der Waals surface area contributed by atoms with E-state index in [4.69, 9.17) is 5.73 Å². The summed E-state index contributed by atoms with van der Waals surface area (Å²) in [4.78, 5) is 4.17. The summed E-state index contributed by atoms with van der Waals surface area (Å²) in [6.07, 6.45) is 2.91. The van der Waals surface area contributed by atoms with Gasteiger partial charge in [0, 0.05) is 41.5 Å². The summed E-state index contributed by atoms with van der Waals surface area (Å²) in [5, 5.41) is 0. The molecule has 0 amide bonds. The van der Waals surface area contributed by atoms with E-state index in [2.05, 4.69) is 30.7 Å². The lowest BCUT2D eigenvalue weighted by molar-refractivity contribution is 0.387. The number of hydrogen-bond acceptors (Lipinski definition) is 5. The van der Waals surface area contributed by atoms with Crippen molar-refractivity contribution >= 4 is 21.8 Å². The fraction of sp³-hybridized carbons (Fsp3) is 0.500. The number of nitrogens with zero attached hydrogens (tertiary/aromatic N) is 2. The molecule has 5 nitrogen and oxygen atoms in total. The summed E-state index contributed by atoms with van der Waals surface area (Å²) in [6, 6.07) is 1.56. The number of pyridine rings is 1. The van der Waals surface area contributed by atoms with Crippen molar-refractivity contribution in [2.24, 2.45) is 5.73 Å². The molecular weight excluding hydrogens is 306 g/mol. The van der Waals surface area contributed by atoms with Gasteiger partial charge in [-0.1, -0.05) is 11.8 Å². The van der Waals surface area contributed by atoms with Gasteiger partial charge in [-0.05, 0) is 19.9 Å².